The molecule has 1 aliphatic heterocycles. The highest BCUT2D eigenvalue weighted by Gasteiger charge is 2.51. The molecular formula is C23H30BNO5. The van der Waals surface area contributed by atoms with Crippen LogP contribution in [0.25, 0.3) is 0 Å². The number of aryl methyl sites for hydroxylation is 1. The molecule has 2 aromatic carbocycles. The summed E-state index contributed by atoms with van der Waals surface area (Å²) in [7, 11) is 1.19. The topological polar surface area (TPSA) is 66.0 Å². The van der Waals surface area contributed by atoms with Crippen LogP contribution >= 0.6 is 0 Å². The fourth-order valence-corrected chi connectivity index (χ4v) is 3.16. The number of nitrogens with one attached hydrogen (secondary N) is 1. The first kappa shape index (κ1) is 22.3. The average Bonchev–Trinajstić information content (AvgIpc) is 2.91. The van der Waals surface area contributed by atoms with Gasteiger partial charge in [-0.1, -0.05) is 24.3 Å². The lowest BCUT2D eigenvalue weighted by molar-refractivity contribution is 0.00578. The van der Waals surface area contributed by atoms with Crippen LogP contribution in [0.2, 0.25) is 0 Å². The predicted molar refractivity (Wildman–Crippen MR) is 117 cm³/mol. The molecule has 0 aliphatic carbocycles. The van der Waals surface area contributed by atoms with Crippen molar-refractivity contribution < 1.29 is 23.7 Å². The first-order valence-electron chi connectivity index (χ1n) is 10.1. The van der Waals surface area contributed by atoms with Crippen LogP contribution in [0.5, 0.6) is 5.75 Å². The van der Waals surface area contributed by atoms with Crippen LogP contribution in [0.3, 0.4) is 0 Å². The Morgan fingerprint density at radius 3 is 2.20 bits per heavy atom. The summed E-state index contributed by atoms with van der Waals surface area (Å²) in [6.45, 7) is 12.3. The number of hydroxylamine groups is 1. The number of ether oxygens (including phenoxy) is 1. The quantitative estimate of drug-likeness (QED) is 0.583. The number of hydrogen-bond acceptors (Lipinski definition) is 5. The van der Waals surface area contributed by atoms with E-state index in [4.69, 9.17) is 18.9 Å². The molecule has 1 aliphatic rings. The molecule has 2 aromatic rings. The second-order valence-corrected chi connectivity index (χ2v) is 8.67. The zero-order valence-corrected chi connectivity index (χ0v) is 18.8. The molecule has 0 saturated carbocycles. The Labute approximate surface area is 179 Å². The minimum Gasteiger partial charge on any atom is -0.496 e. The van der Waals surface area contributed by atoms with Gasteiger partial charge < -0.3 is 14.0 Å². The summed E-state index contributed by atoms with van der Waals surface area (Å²) < 4.78 is 17.5. The molecule has 0 aromatic heterocycles. The van der Waals surface area contributed by atoms with E-state index in [0.29, 0.717) is 11.3 Å². The van der Waals surface area contributed by atoms with E-state index in [1.54, 1.807) is 13.2 Å². The summed E-state index contributed by atoms with van der Waals surface area (Å²) >= 11 is 0. The zero-order valence-electron chi connectivity index (χ0n) is 18.8. The summed E-state index contributed by atoms with van der Waals surface area (Å²) in [5, 5.41) is 0. The van der Waals surface area contributed by atoms with E-state index in [9.17, 15) is 4.79 Å². The van der Waals surface area contributed by atoms with Crippen molar-refractivity contribution in [3.05, 3.63) is 58.7 Å². The summed E-state index contributed by atoms with van der Waals surface area (Å²) in [6.07, 6.45) is 0. The number of carbonyl (C=O) groups is 1. The molecule has 3 rings (SSSR count). The minimum atomic E-state index is -0.399. The van der Waals surface area contributed by atoms with Crippen LogP contribution in [0.15, 0.2) is 36.4 Å². The van der Waals surface area contributed by atoms with E-state index in [-0.39, 0.29) is 23.7 Å². The maximum atomic E-state index is 12.4. The third kappa shape index (κ3) is 4.53. The van der Waals surface area contributed by atoms with Crippen molar-refractivity contribution in [3.8, 4) is 5.75 Å². The first-order valence-corrected chi connectivity index (χ1v) is 10.1. The van der Waals surface area contributed by atoms with Gasteiger partial charge in [0.2, 0.25) is 0 Å². The Morgan fingerprint density at radius 1 is 1.03 bits per heavy atom. The lowest BCUT2D eigenvalue weighted by Crippen LogP contribution is -2.41. The van der Waals surface area contributed by atoms with Crippen LogP contribution in [-0.4, -0.2) is 31.3 Å². The molecular weight excluding hydrogens is 381 g/mol. The van der Waals surface area contributed by atoms with Crippen molar-refractivity contribution in [1.29, 1.82) is 0 Å². The molecule has 0 spiro atoms. The fraction of sp³-hybridized carbons (Fsp3) is 0.435. The summed E-state index contributed by atoms with van der Waals surface area (Å²) in [6, 6.07) is 11.3. The van der Waals surface area contributed by atoms with E-state index in [1.807, 2.05) is 71.9 Å². The van der Waals surface area contributed by atoms with Gasteiger partial charge in [-0.05, 0) is 75.8 Å². The van der Waals surface area contributed by atoms with Crippen molar-refractivity contribution in [1.82, 2.24) is 5.48 Å². The SMILES string of the molecule is COc1cc(C(=O)NOCc2ccc(B3OC(C)(C)C(C)(C)O3)cc2)cc(C)c1C. The van der Waals surface area contributed by atoms with Gasteiger partial charge in [-0.3, -0.25) is 9.63 Å². The Bertz CT molecular complexity index is 908. The molecule has 1 saturated heterocycles. The Kier molecular flexibility index (Phi) is 6.27. The lowest BCUT2D eigenvalue weighted by Gasteiger charge is -2.32. The van der Waals surface area contributed by atoms with Crippen molar-refractivity contribution in [3.63, 3.8) is 0 Å². The van der Waals surface area contributed by atoms with E-state index in [2.05, 4.69) is 5.48 Å². The molecule has 1 fully saturated rings. The maximum absolute atomic E-state index is 12.4. The van der Waals surface area contributed by atoms with E-state index in [1.165, 1.54) is 0 Å². The summed E-state index contributed by atoms with van der Waals surface area (Å²) in [4.78, 5) is 17.8. The Morgan fingerprint density at radius 2 is 1.63 bits per heavy atom. The van der Waals surface area contributed by atoms with Crippen molar-refractivity contribution >= 4 is 18.5 Å². The van der Waals surface area contributed by atoms with Gasteiger partial charge in [0.15, 0.2) is 0 Å². The van der Waals surface area contributed by atoms with Crippen LogP contribution in [0.1, 0.15) is 54.7 Å². The van der Waals surface area contributed by atoms with Gasteiger partial charge in [0.1, 0.15) is 5.75 Å². The third-order valence-corrected chi connectivity index (χ3v) is 6.01. The monoisotopic (exact) mass is 411 g/mol. The number of benzene rings is 2. The Balaban J connectivity index is 1.56. The molecule has 0 unspecified atom stereocenters. The number of methoxy groups -OCH3 is 1. The van der Waals surface area contributed by atoms with Crippen LogP contribution in [0.4, 0.5) is 0 Å². The van der Waals surface area contributed by atoms with Crippen LogP contribution in [-0.2, 0) is 20.8 Å². The smallest absolute Gasteiger partial charge is 0.494 e. The molecule has 1 amide bonds. The highest BCUT2D eigenvalue weighted by Crippen LogP contribution is 2.36. The number of amides is 1. The van der Waals surface area contributed by atoms with Gasteiger partial charge in [-0.2, -0.15) is 0 Å². The fourth-order valence-electron chi connectivity index (χ4n) is 3.16. The largest absolute Gasteiger partial charge is 0.496 e. The van der Waals surface area contributed by atoms with Crippen molar-refractivity contribution in [2.45, 2.75) is 59.4 Å². The van der Waals surface area contributed by atoms with Gasteiger partial charge in [-0.25, -0.2) is 5.48 Å². The van der Waals surface area contributed by atoms with Gasteiger partial charge in [0, 0.05) is 5.56 Å². The number of carbonyl (C=O) groups excluding carboxylic acids is 1. The molecule has 1 N–H and O–H groups in total. The van der Waals surface area contributed by atoms with E-state index < -0.39 is 7.12 Å². The van der Waals surface area contributed by atoms with Crippen LogP contribution < -0.4 is 15.7 Å². The van der Waals surface area contributed by atoms with Crippen molar-refractivity contribution in [2.75, 3.05) is 7.11 Å². The molecule has 0 atom stereocenters. The standard InChI is InChI=1S/C23H30BNO5/c1-15-12-18(13-20(27-7)16(15)2)21(26)25-28-14-17-8-10-19(11-9-17)24-29-22(3,4)23(5,6)30-24/h8-13H,14H2,1-7H3,(H,25,26). The highest BCUT2D eigenvalue weighted by molar-refractivity contribution is 6.62. The molecule has 160 valence electrons. The van der Waals surface area contributed by atoms with E-state index in [0.717, 1.165) is 22.2 Å². The van der Waals surface area contributed by atoms with Gasteiger partial charge in [0.05, 0.1) is 24.9 Å². The molecule has 6 nitrogen and oxygen atoms in total. The van der Waals surface area contributed by atoms with Crippen molar-refractivity contribution in [2.24, 2.45) is 0 Å². The molecule has 30 heavy (non-hydrogen) atoms. The van der Waals surface area contributed by atoms with E-state index >= 15 is 0 Å². The second-order valence-electron chi connectivity index (χ2n) is 8.67. The van der Waals surface area contributed by atoms with Gasteiger partial charge in [0.25, 0.3) is 5.91 Å². The zero-order chi connectivity index (χ0) is 22.1. The highest BCUT2D eigenvalue weighted by atomic mass is 16.7. The minimum absolute atomic E-state index is 0.247. The summed E-state index contributed by atoms with van der Waals surface area (Å²) in [5.74, 6) is 0.365. The maximum Gasteiger partial charge on any atom is 0.494 e. The van der Waals surface area contributed by atoms with Gasteiger partial charge in [-0.15, -0.1) is 0 Å². The lowest BCUT2D eigenvalue weighted by atomic mass is 9.79. The summed E-state index contributed by atoms with van der Waals surface area (Å²) in [5.41, 5.74) is 6.10. The number of hydrogen-bond donors (Lipinski definition) is 1. The Hall–Kier alpha value is -2.35. The van der Waals surface area contributed by atoms with Crippen LogP contribution in [0, 0.1) is 13.8 Å². The normalized spacial score (nSPS) is 17.1. The van der Waals surface area contributed by atoms with Gasteiger partial charge >= 0.3 is 7.12 Å². The third-order valence-electron chi connectivity index (χ3n) is 6.01. The first-order chi connectivity index (χ1) is 14.0. The molecule has 0 bridgehead atoms. The average molecular weight is 411 g/mol. The number of rotatable bonds is 6. The molecule has 7 heteroatoms. The molecule has 0 radical (unpaired) electrons. The second kappa shape index (κ2) is 8.42. The predicted octanol–water partition coefficient (Wildman–Crippen LogP) is 3.47. The molecule has 1 heterocycles.